The molecule has 2 aliphatic rings. The number of hydrogen-bond donors (Lipinski definition) is 2. The number of rotatable bonds is 3. The molecule has 1 fully saturated rings. The van der Waals surface area contributed by atoms with Crippen molar-refractivity contribution in [2.45, 2.75) is 37.6 Å². The van der Waals surface area contributed by atoms with Gasteiger partial charge in [-0.05, 0) is 55.4 Å². The molecule has 0 atom stereocenters. The lowest BCUT2D eigenvalue weighted by atomic mass is 9.89. The molecule has 4 nitrogen and oxygen atoms in total. The highest BCUT2D eigenvalue weighted by atomic mass is 16.5. The lowest BCUT2D eigenvalue weighted by molar-refractivity contribution is 0.0388. The highest BCUT2D eigenvalue weighted by Crippen LogP contribution is 2.24. The van der Waals surface area contributed by atoms with Crippen molar-refractivity contribution in [2.75, 3.05) is 19.8 Å². The van der Waals surface area contributed by atoms with Crippen LogP contribution in [0.4, 0.5) is 0 Å². The Morgan fingerprint density at radius 1 is 1.25 bits per heavy atom. The predicted molar refractivity (Wildman–Crippen MR) is 77.8 cm³/mol. The van der Waals surface area contributed by atoms with E-state index in [0.29, 0.717) is 19.8 Å². The smallest absolute Gasteiger partial charge is 0.251 e. The molecule has 3 N–H and O–H groups in total. The Morgan fingerprint density at radius 3 is 2.75 bits per heavy atom. The second-order valence-corrected chi connectivity index (χ2v) is 5.89. The van der Waals surface area contributed by atoms with Gasteiger partial charge in [-0.2, -0.15) is 0 Å². The first kappa shape index (κ1) is 13.6. The summed E-state index contributed by atoms with van der Waals surface area (Å²) < 4.78 is 5.37. The number of nitrogens with two attached hydrogens (primary N) is 1. The minimum Gasteiger partial charge on any atom is -0.381 e. The van der Waals surface area contributed by atoms with E-state index in [0.717, 1.165) is 31.2 Å². The third-order valence-corrected chi connectivity index (χ3v) is 4.58. The molecule has 108 valence electrons. The summed E-state index contributed by atoms with van der Waals surface area (Å²) in [4.78, 5) is 12.5. The Labute approximate surface area is 119 Å². The number of benzene rings is 1. The van der Waals surface area contributed by atoms with Gasteiger partial charge in [0.25, 0.3) is 5.91 Å². The van der Waals surface area contributed by atoms with Crippen LogP contribution in [-0.2, 0) is 17.6 Å². The van der Waals surface area contributed by atoms with Crippen LogP contribution in [0.15, 0.2) is 18.2 Å². The van der Waals surface area contributed by atoms with Gasteiger partial charge in [-0.15, -0.1) is 0 Å². The Morgan fingerprint density at radius 2 is 2.00 bits per heavy atom. The van der Waals surface area contributed by atoms with Gasteiger partial charge in [-0.3, -0.25) is 4.79 Å². The first-order chi connectivity index (χ1) is 9.72. The van der Waals surface area contributed by atoms with Gasteiger partial charge in [0.1, 0.15) is 0 Å². The van der Waals surface area contributed by atoms with Crippen molar-refractivity contribution in [2.24, 2.45) is 5.73 Å². The zero-order valence-corrected chi connectivity index (χ0v) is 11.8. The third kappa shape index (κ3) is 2.58. The normalized spacial score (nSPS) is 20.4. The van der Waals surface area contributed by atoms with E-state index in [-0.39, 0.29) is 11.4 Å². The minimum absolute atomic E-state index is 0.00736. The fourth-order valence-electron chi connectivity index (χ4n) is 3.17. The quantitative estimate of drug-likeness (QED) is 0.876. The van der Waals surface area contributed by atoms with Crippen molar-refractivity contribution in [3.05, 3.63) is 34.9 Å². The van der Waals surface area contributed by atoms with Crippen LogP contribution in [0.5, 0.6) is 0 Å². The average molecular weight is 274 g/mol. The summed E-state index contributed by atoms with van der Waals surface area (Å²) in [5, 5.41) is 3.15. The van der Waals surface area contributed by atoms with E-state index in [2.05, 4.69) is 11.4 Å². The number of ether oxygens (including phenoxy) is 1. The van der Waals surface area contributed by atoms with Crippen molar-refractivity contribution >= 4 is 5.91 Å². The predicted octanol–water partition coefficient (Wildman–Crippen LogP) is 1.41. The molecule has 1 aromatic rings. The van der Waals surface area contributed by atoms with E-state index in [1.54, 1.807) is 0 Å². The first-order valence-corrected chi connectivity index (χ1v) is 7.45. The SMILES string of the molecule is NCC1(NC(=O)c2ccc3c(c2)CCC3)CCOCC1. The summed E-state index contributed by atoms with van der Waals surface area (Å²) in [6.07, 6.45) is 5.01. The van der Waals surface area contributed by atoms with Gasteiger partial charge >= 0.3 is 0 Å². The highest BCUT2D eigenvalue weighted by Gasteiger charge is 2.33. The number of carbonyl (C=O) groups excluding carboxylic acids is 1. The second kappa shape index (κ2) is 5.54. The maximum absolute atomic E-state index is 12.5. The van der Waals surface area contributed by atoms with Crippen molar-refractivity contribution < 1.29 is 9.53 Å². The van der Waals surface area contributed by atoms with E-state index >= 15 is 0 Å². The zero-order valence-electron chi connectivity index (χ0n) is 11.8. The van der Waals surface area contributed by atoms with Gasteiger partial charge in [0.05, 0.1) is 5.54 Å². The largest absolute Gasteiger partial charge is 0.381 e. The van der Waals surface area contributed by atoms with Crippen LogP contribution in [0.2, 0.25) is 0 Å². The number of nitrogens with one attached hydrogen (secondary N) is 1. The maximum Gasteiger partial charge on any atom is 0.251 e. The molecule has 20 heavy (non-hydrogen) atoms. The Hall–Kier alpha value is -1.39. The van der Waals surface area contributed by atoms with Crippen LogP contribution in [0.25, 0.3) is 0 Å². The van der Waals surface area contributed by atoms with E-state index in [4.69, 9.17) is 10.5 Å². The Balaban J connectivity index is 1.75. The molecule has 0 aromatic heterocycles. The molecule has 3 rings (SSSR count). The minimum atomic E-state index is -0.297. The monoisotopic (exact) mass is 274 g/mol. The molecule has 1 amide bonds. The summed E-state index contributed by atoms with van der Waals surface area (Å²) in [7, 11) is 0. The molecular weight excluding hydrogens is 252 g/mol. The topological polar surface area (TPSA) is 64.3 Å². The van der Waals surface area contributed by atoms with E-state index < -0.39 is 0 Å². The number of aryl methyl sites for hydroxylation is 2. The molecule has 1 heterocycles. The van der Waals surface area contributed by atoms with Crippen molar-refractivity contribution in [1.29, 1.82) is 0 Å². The zero-order chi connectivity index (χ0) is 14.0. The van der Waals surface area contributed by atoms with Gasteiger partial charge in [0.2, 0.25) is 0 Å². The van der Waals surface area contributed by atoms with E-state index in [1.165, 1.54) is 17.5 Å². The van der Waals surface area contributed by atoms with Crippen molar-refractivity contribution in [3.63, 3.8) is 0 Å². The first-order valence-electron chi connectivity index (χ1n) is 7.45. The molecule has 0 radical (unpaired) electrons. The summed E-state index contributed by atoms with van der Waals surface area (Å²) >= 11 is 0. The summed E-state index contributed by atoms with van der Waals surface area (Å²) in [5.74, 6) is -0.00736. The maximum atomic E-state index is 12.5. The Bertz CT molecular complexity index is 507. The van der Waals surface area contributed by atoms with Crippen molar-refractivity contribution in [1.82, 2.24) is 5.32 Å². The third-order valence-electron chi connectivity index (χ3n) is 4.58. The number of hydrogen-bond acceptors (Lipinski definition) is 3. The molecule has 0 saturated carbocycles. The van der Waals surface area contributed by atoms with Crippen molar-refractivity contribution in [3.8, 4) is 0 Å². The highest BCUT2D eigenvalue weighted by molar-refractivity contribution is 5.95. The van der Waals surface area contributed by atoms with Gasteiger partial charge in [-0.25, -0.2) is 0 Å². The fourth-order valence-corrected chi connectivity index (χ4v) is 3.17. The summed E-state index contributed by atoms with van der Waals surface area (Å²) in [6, 6.07) is 6.07. The van der Waals surface area contributed by atoms with Crippen LogP contribution in [-0.4, -0.2) is 31.2 Å². The van der Waals surface area contributed by atoms with Crippen LogP contribution >= 0.6 is 0 Å². The lowest BCUT2D eigenvalue weighted by Crippen LogP contribution is -2.56. The van der Waals surface area contributed by atoms with Gasteiger partial charge in [0, 0.05) is 25.3 Å². The molecule has 4 heteroatoms. The summed E-state index contributed by atoms with van der Waals surface area (Å²) in [5.41, 5.74) is 9.06. The van der Waals surface area contributed by atoms with Gasteiger partial charge in [0.15, 0.2) is 0 Å². The molecule has 1 aromatic carbocycles. The molecule has 0 spiro atoms. The van der Waals surface area contributed by atoms with Crippen LogP contribution in [0, 0.1) is 0 Å². The van der Waals surface area contributed by atoms with Crippen LogP contribution in [0.3, 0.4) is 0 Å². The molecule has 1 aliphatic heterocycles. The summed E-state index contributed by atoms with van der Waals surface area (Å²) in [6.45, 7) is 1.80. The number of fused-ring (bicyclic) bond motifs is 1. The molecule has 0 unspecified atom stereocenters. The van der Waals surface area contributed by atoms with Gasteiger partial charge < -0.3 is 15.8 Å². The number of amides is 1. The van der Waals surface area contributed by atoms with E-state index in [1.807, 2.05) is 12.1 Å². The molecule has 1 saturated heterocycles. The van der Waals surface area contributed by atoms with Crippen LogP contribution < -0.4 is 11.1 Å². The average Bonchev–Trinajstić information content (AvgIpc) is 2.95. The van der Waals surface area contributed by atoms with Crippen LogP contribution in [0.1, 0.15) is 40.7 Å². The lowest BCUT2D eigenvalue weighted by Gasteiger charge is -2.37. The van der Waals surface area contributed by atoms with Gasteiger partial charge in [-0.1, -0.05) is 6.07 Å². The molecular formula is C16H22N2O2. The molecule has 1 aliphatic carbocycles. The van der Waals surface area contributed by atoms with E-state index in [9.17, 15) is 4.79 Å². The fraction of sp³-hybridized carbons (Fsp3) is 0.562. The standard InChI is InChI=1S/C16H22N2O2/c17-11-16(6-8-20-9-7-16)18-15(19)14-5-4-12-2-1-3-13(12)10-14/h4-5,10H,1-3,6-9,11,17H2,(H,18,19). The molecule has 0 bridgehead atoms. The Kier molecular flexibility index (Phi) is 3.76. The second-order valence-electron chi connectivity index (χ2n) is 5.89. The number of carbonyl (C=O) groups is 1.